The molecule has 0 bridgehead atoms. The van der Waals surface area contributed by atoms with Crippen molar-refractivity contribution in [3.63, 3.8) is 0 Å². The molecule has 4 rings (SSSR count). The Morgan fingerprint density at radius 2 is 2.32 bits per heavy atom. The number of hydrogen-bond acceptors (Lipinski definition) is 7. The van der Waals surface area contributed by atoms with E-state index < -0.39 is 0 Å². The minimum absolute atomic E-state index is 0.120. The fourth-order valence-electron chi connectivity index (χ4n) is 2.23. The summed E-state index contributed by atoms with van der Waals surface area (Å²) in [5, 5.41) is 17.7. The van der Waals surface area contributed by atoms with E-state index in [-0.39, 0.29) is 11.7 Å². The quantitative estimate of drug-likeness (QED) is 0.593. The highest BCUT2D eigenvalue weighted by molar-refractivity contribution is 9.10. The van der Waals surface area contributed by atoms with E-state index in [4.69, 9.17) is 0 Å². The lowest BCUT2D eigenvalue weighted by atomic mass is 10.2. The monoisotopic (exact) mass is 436 g/mol. The van der Waals surface area contributed by atoms with Crippen LogP contribution in [0.2, 0.25) is 0 Å². The molecule has 1 aliphatic rings. The van der Waals surface area contributed by atoms with Gasteiger partial charge in [-0.2, -0.15) is 0 Å². The second-order valence-electron chi connectivity index (χ2n) is 5.52. The Morgan fingerprint density at radius 3 is 3.12 bits per heavy atom. The minimum atomic E-state index is -0.120. The Balaban J connectivity index is 1.36. The lowest BCUT2D eigenvalue weighted by molar-refractivity contribution is -0.113. The number of nitrogens with one attached hydrogen (secondary N) is 1. The van der Waals surface area contributed by atoms with Gasteiger partial charge in [-0.05, 0) is 35.4 Å². The van der Waals surface area contributed by atoms with Crippen LogP contribution in [0, 0.1) is 0 Å². The normalized spacial score (nSPS) is 13.8. The summed E-state index contributed by atoms with van der Waals surface area (Å²) in [6.07, 6.45) is 2.20. The molecule has 7 nitrogen and oxygen atoms in total. The SMILES string of the molecule is O=C(CSc1nnnn1C1CC1)Nc1nc(-c2cccc(Br)c2)cs1. The smallest absolute Gasteiger partial charge is 0.236 e. The van der Waals surface area contributed by atoms with Gasteiger partial charge in [-0.25, -0.2) is 9.67 Å². The molecule has 1 saturated carbocycles. The third-order valence-electron chi connectivity index (χ3n) is 3.56. The summed E-state index contributed by atoms with van der Waals surface area (Å²) >= 11 is 6.20. The fourth-order valence-corrected chi connectivity index (χ4v) is 4.11. The number of aromatic nitrogens is 5. The first-order valence-electron chi connectivity index (χ1n) is 7.61. The lowest BCUT2D eigenvalue weighted by Gasteiger charge is -2.02. The van der Waals surface area contributed by atoms with Crippen LogP contribution in [0.5, 0.6) is 0 Å². The highest BCUT2D eigenvalue weighted by Gasteiger charge is 2.28. The van der Waals surface area contributed by atoms with Gasteiger partial charge in [-0.3, -0.25) is 4.79 Å². The van der Waals surface area contributed by atoms with Gasteiger partial charge in [0.25, 0.3) is 0 Å². The molecular weight excluding hydrogens is 424 g/mol. The molecule has 2 aromatic heterocycles. The first-order valence-corrected chi connectivity index (χ1v) is 10.3. The van der Waals surface area contributed by atoms with Gasteiger partial charge < -0.3 is 5.32 Å². The van der Waals surface area contributed by atoms with Crippen LogP contribution < -0.4 is 5.32 Å². The number of thioether (sulfide) groups is 1. The maximum absolute atomic E-state index is 12.2. The molecule has 1 aliphatic carbocycles. The van der Waals surface area contributed by atoms with Crippen molar-refractivity contribution in [3.05, 3.63) is 34.1 Å². The van der Waals surface area contributed by atoms with E-state index >= 15 is 0 Å². The van der Waals surface area contributed by atoms with E-state index in [0.717, 1.165) is 28.6 Å². The molecule has 0 radical (unpaired) electrons. The average Bonchev–Trinajstić information content (AvgIpc) is 3.15. The molecule has 0 atom stereocenters. The molecule has 1 amide bonds. The third-order valence-corrected chi connectivity index (χ3v) is 5.74. The van der Waals surface area contributed by atoms with Crippen molar-refractivity contribution in [1.82, 2.24) is 25.2 Å². The zero-order chi connectivity index (χ0) is 17.2. The Labute approximate surface area is 160 Å². The topological polar surface area (TPSA) is 85.6 Å². The molecular formula is C15H13BrN6OS2. The van der Waals surface area contributed by atoms with Crippen molar-refractivity contribution in [2.24, 2.45) is 0 Å². The summed E-state index contributed by atoms with van der Waals surface area (Å²) in [6.45, 7) is 0. The number of tetrazole rings is 1. The van der Waals surface area contributed by atoms with Gasteiger partial charge in [0.15, 0.2) is 5.13 Å². The highest BCUT2D eigenvalue weighted by Crippen LogP contribution is 2.36. The lowest BCUT2D eigenvalue weighted by Crippen LogP contribution is -2.14. The number of benzene rings is 1. The molecule has 0 saturated heterocycles. The summed E-state index contributed by atoms with van der Waals surface area (Å²) < 4.78 is 2.79. The van der Waals surface area contributed by atoms with E-state index in [0.29, 0.717) is 16.3 Å². The van der Waals surface area contributed by atoms with E-state index in [9.17, 15) is 4.79 Å². The van der Waals surface area contributed by atoms with Crippen molar-refractivity contribution in [3.8, 4) is 11.3 Å². The Morgan fingerprint density at radius 1 is 1.44 bits per heavy atom. The first-order chi connectivity index (χ1) is 12.2. The number of hydrogen-bond donors (Lipinski definition) is 1. The summed E-state index contributed by atoms with van der Waals surface area (Å²) in [6, 6.07) is 8.29. The Hall–Kier alpha value is -1.78. The van der Waals surface area contributed by atoms with Crippen LogP contribution in [0.15, 0.2) is 39.3 Å². The number of anilines is 1. The molecule has 0 unspecified atom stereocenters. The van der Waals surface area contributed by atoms with Crippen LogP contribution in [0.1, 0.15) is 18.9 Å². The van der Waals surface area contributed by atoms with Crippen LogP contribution >= 0.6 is 39.0 Å². The molecule has 2 heterocycles. The molecule has 25 heavy (non-hydrogen) atoms. The predicted octanol–water partition coefficient (Wildman–Crippen LogP) is 3.62. The number of carbonyl (C=O) groups excluding carboxylic acids is 1. The van der Waals surface area contributed by atoms with Gasteiger partial charge in [0.2, 0.25) is 11.1 Å². The van der Waals surface area contributed by atoms with Crippen LogP contribution in [0.25, 0.3) is 11.3 Å². The van der Waals surface area contributed by atoms with Crippen molar-refractivity contribution in [1.29, 1.82) is 0 Å². The van der Waals surface area contributed by atoms with Crippen LogP contribution in [0.3, 0.4) is 0 Å². The van der Waals surface area contributed by atoms with Crippen LogP contribution in [-0.2, 0) is 4.79 Å². The summed E-state index contributed by atoms with van der Waals surface area (Å²) in [4.78, 5) is 16.6. The van der Waals surface area contributed by atoms with Crippen molar-refractivity contribution >= 4 is 50.1 Å². The number of amides is 1. The predicted molar refractivity (Wildman–Crippen MR) is 101 cm³/mol. The highest BCUT2D eigenvalue weighted by atomic mass is 79.9. The number of rotatable bonds is 6. The van der Waals surface area contributed by atoms with Crippen LogP contribution in [0.4, 0.5) is 5.13 Å². The van der Waals surface area contributed by atoms with Gasteiger partial charge in [0.1, 0.15) is 0 Å². The maximum Gasteiger partial charge on any atom is 0.236 e. The summed E-state index contributed by atoms with van der Waals surface area (Å²) in [7, 11) is 0. The summed E-state index contributed by atoms with van der Waals surface area (Å²) in [5.41, 5.74) is 1.84. The minimum Gasteiger partial charge on any atom is -0.301 e. The van der Waals surface area contributed by atoms with E-state index in [1.165, 1.54) is 23.1 Å². The second kappa shape index (κ2) is 7.22. The molecule has 0 spiro atoms. The standard InChI is InChI=1S/C15H13BrN6OS2/c16-10-3-1-2-9(6-10)12-7-24-14(17-12)18-13(23)8-25-15-19-20-21-22(15)11-4-5-11/h1-3,6-7,11H,4-5,8H2,(H,17,18,23). The van der Waals surface area contributed by atoms with E-state index in [1.54, 1.807) is 4.68 Å². The van der Waals surface area contributed by atoms with Crippen molar-refractivity contribution in [2.45, 2.75) is 24.0 Å². The van der Waals surface area contributed by atoms with Gasteiger partial charge in [0.05, 0.1) is 17.5 Å². The molecule has 1 fully saturated rings. The van der Waals surface area contributed by atoms with Gasteiger partial charge in [-0.1, -0.05) is 39.8 Å². The van der Waals surface area contributed by atoms with Gasteiger partial charge in [0, 0.05) is 15.4 Å². The molecule has 10 heteroatoms. The molecule has 3 aromatic rings. The van der Waals surface area contributed by atoms with Gasteiger partial charge >= 0.3 is 0 Å². The number of carbonyl (C=O) groups is 1. The molecule has 0 aliphatic heterocycles. The average molecular weight is 437 g/mol. The third kappa shape index (κ3) is 4.07. The fraction of sp³-hybridized carbons (Fsp3) is 0.267. The van der Waals surface area contributed by atoms with Gasteiger partial charge in [-0.15, -0.1) is 16.4 Å². The largest absolute Gasteiger partial charge is 0.301 e. The van der Waals surface area contributed by atoms with Crippen molar-refractivity contribution in [2.75, 3.05) is 11.1 Å². The van der Waals surface area contributed by atoms with Crippen molar-refractivity contribution < 1.29 is 4.79 Å². The number of nitrogens with zero attached hydrogens (tertiary/aromatic N) is 5. The Kier molecular flexibility index (Phi) is 4.82. The first kappa shape index (κ1) is 16.7. The summed E-state index contributed by atoms with van der Waals surface area (Å²) in [5.74, 6) is 0.129. The van der Waals surface area contributed by atoms with E-state index in [2.05, 4.69) is 41.8 Å². The Bertz CT molecular complexity index is 907. The molecule has 1 N–H and O–H groups in total. The zero-order valence-corrected chi connectivity index (χ0v) is 16.1. The van der Waals surface area contributed by atoms with Crippen LogP contribution in [-0.4, -0.2) is 36.9 Å². The van der Waals surface area contributed by atoms with E-state index in [1.807, 2.05) is 29.6 Å². The maximum atomic E-state index is 12.2. The second-order valence-corrected chi connectivity index (χ2v) is 8.24. The number of thiazole rings is 1. The number of halogens is 1. The molecule has 1 aromatic carbocycles. The zero-order valence-electron chi connectivity index (χ0n) is 12.9. The molecule has 128 valence electrons.